The first kappa shape index (κ1) is 25.0. The highest BCUT2D eigenvalue weighted by molar-refractivity contribution is 7.92. The van der Waals surface area contributed by atoms with E-state index in [-0.39, 0.29) is 0 Å². The highest BCUT2D eigenvalue weighted by atomic mass is 35.5. The summed E-state index contributed by atoms with van der Waals surface area (Å²) >= 11 is 6.31. The molecule has 4 rings (SSSR count). The van der Waals surface area contributed by atoms with Gasteiger partial charge in [0, 0.05) is 17.8 Å². The molecule has 2 heterocycles. The largest absolute Gasteiger partial charge is 0.492 e. The van der Waals surface area contributed by atoms with Crippen molar-refractivity contribution < 1.29 is 13.2 Å². The molecule has 1 aromatic heterocycles. The van der Waals surface area contributed by atoms with Crippen molar-refractivity contribution in [2.75, 3.05) is 41.8 Å². The van der Waals surface area contributed by atoms with E-state index in [0.29, 0.717) is 40.8 Å². The van der Waals surface area contributed by atoms with Gasteiger partial charge in [-0.2, -0.15) is 4.98 Å². The van der Waals surface area contributed by atoms with Crippen LogP contribution in [0.25, 0.3) is 0 Å². The molecule has 0 aliphatic carbocycles. The Balaban J connectivity index is 1.46. The molecule has 1 aliphatic heterocycles. The van der Waals surface area contributed by atoms with Crippen LogP contribution in [0.4, 0.5) is 28.8 Å². The van der Waals surface area contributed by atoms with Gasteiger partial charge in [0.25, 0.3) is 0 Å². The van der Waals surface area contributed by atoms with Gasteiger partial charge in [0.15, 0.2) is 5.82 Å². The molecule has 1 aliphatic rings. The Bertz CT molecular complexity index is 1270. The molecule has 0 radical (unpaired) electrons. The monoisotopic (exact) mass is 516 g/mol. The fraction of sp³-hybridized carbons (Fsp3) is 0.333. The zero-order valence-corrected chi connectivity index (χ0v) is 21.2. The lowest BCUT2D eigenvalue weighted by atomic mass is 10.0. The van der Waals surface area contributed by atoms with Crippen molar-refractivity contribution in [3.05, 3.63) is 59.8 Å². The number of hydrogen-bond acceptors (Lipinski definition) is 8. The molecule has 186 valence electrons. The van der Waals surface area contributed by atoms with Gasteiger partial charge >= 0.3 is 0 Å². The quantitative estimate of drug-likeness (QED) is 0.370. The molecule has 0 spiro atoms. The summed E-state index contributed by atoms with van der Waals surface area (Å²) in [6.07, 6.45) is 6.19. The molecule has 0 amide bonds. The topological polar surface area (TPSA) is 108 Å². The van der Waals surface area contributed by atoms with Gasteiger partial charge in [0.05, 0.1) is 23.8 Å². The molecule has 1 fully saturated rings. The number of halogens is 1. The van der Waals surface area contributed by atoms with Crippen LogP contribution in [0.5, 0.6) is 5.75 Å². The summed E-state index contributed by atoms with van der Waals surface area (Å²) in [5.74, 6) is 1.43. The zero-order valence-electron chi connectivity index (χ0n) is 19.7. The number of anilines is 5. The Morgan fingerprint density at radius 1 is 1.11 bits per heavy atom. The van der Waals surface area contributed by atoms with Gasteiger partial charge in [-0.3, -0.25) is 4.72 Å². The predicted molar refractivity (Wildman–Crippen MR) is 141 cm³/mol. The molecule has 9 nitrogen and oxygen atoms in total. The summed E-state index contributed by atoms with van der Waals surface area (Å²) in [6, 6.07) is 14.9. The summed E-state index contributed by atoms with van der Waals surface area (Å²) in [4.78, 5) is 11.1. The number of ether oxygens (including phenoxy) is 1. The minimum absolute atomic E-state index is 0.290. The average molecular weight is 517 g/mol. The van der Waals surface area contributed by atoms with E-state index in [4.69, 9.17) is 16.3 Å². The van der Waals surface area contributed by atoms with E-state index >= 15 is 0 Å². The second-order valence-corrected chi connectivity index (χ2v) is 10.7. The summed E-state index contributed by atoms with van der Waals surface area (Å²) in [6.45, 7) is 1.75. The maximum atomic E-state index is 11.7. The standard InChI is InChI=1S/C24H29ClN6O3S/c1-31-13-6-5-9-18(31)16-34-19-10-7-8-17(14-19)27-24-26-15-20(25)23(29-24)28-21-11-3-4-12-22(21)30-35(2,32)33/h3-4,7-8,10-12,14-15,18,30H,5-6,9,13,16H2,1-2H3,(H2,26,27,28,29). The highest BCUT2D eigenvalue weighted by Crippen LogP contribution is 2.30. The number of hydrogen-bond donors (Lipinski definition) is 3. The van der Waals surface area contributed by atoms with Crippen LogP contribution in [0.1, 0.15) is 19.3 Å². The van der Waals surface area contributed by atoms with Gasteiger partial charge < -0.3 is 20.3 Å². The number of likely N-dealkylation sites (tertiary alicyclic amines) is 1. The normalized spacial score (nSPS) is 16.5. The Hall–Kier alpha value is -3.08. The fourth-order valence-electron chi connectivity index (χ4n) is 3.86. The van der Waals surface area contributed by atoms with Crippen molar-refractivity contribution in [3.63, 3.8) is 0 Å². The van der Waals surface area contributed by atoms with Crippen molar-refractivity contribution in [2.45, 2.75) is 25.3 Å². The van der Waals surface area contributed by atoms with Crippen molar-refractivity contribution >= 4 is 50.5 Å². The number of piperidine rings is 1. The van der Waals surface area contributed by atoms with E-state index in [1.54, 1.807) is 24.3 Å². The first-order valence-corrected chi connectivity index (χ1v) is 13.6. The van der Waals surface area contributed by atoms with E-state index in [9.17, 15) is 8.42 Å². The zero-order chi connectivity index (χ0) is 24.8. The lowest BCUT2D eigenvalue weighted by Crippen LogP contribution is -2.40. The number of rotatable bonds is 9. The van der Waals surface area contributed by atoms with Gasteiger partial charge in [-0.1, -0.05) is 36.2 Å². The molecule has 3 aromatic rings. The minimum atomic E-state index is -3.45. The molecule has 1 atom stereocenters. The fourth-order valence-corrected chi connectivity index (χ4v) is 4.58. The third-order valence-electron chi connectivity index (χ3n) is 5.67. The average Bonchev–Trinajstić information content (AvgIpc) is 2.81. The number of likely N-dealkylation sites (N-methyl/N-ethyl adjacent to an activating group) is 1. The SMILES string of the molecule is CN1CCCCC1COc1cccc(Nc2ncc(Cl)c(Nc3ccccc3NS(C)(=O)=O)n2)c1. The Kier molecular flexibility index (Phi) is 7.94. The number of aromatic nitrogens is 2. The van der Waals surface area contributed by atoms with E-state index in [2.05, 4.69) is 37.3 Å². The molecule has 0 saturated carbocycles. The first-order valence-electron chi connectivity index (χ1n) is 11.3. The summed E-state index contributed by atoms with van der Waals surface area (Å²) in [7, 11) is -1.31. The molecule has 2 aromatic carbocycles. The van der Waals surface area contributed by atoms with Gasteiger partial charge in [0.1, 0.15) is 17.4 Å². The maximum absolute atomic E-state index is 11.7. The number of sulfonamides is 1. The Morgan fingerprint density at radius 3 is 2.69 bits per heavy atom. The van der Waals surface area contributed by atoms with Crippen LogP contribution in [-0.2, 0) is 10.0 Å². The van der Waals surface area contributed by atoms with Gasteiger partial charge in [0.2, 0.25) is 16.0 Å². The molecular formula is C24H29ClN6O3S. The molecule has 0 bridgehead atoms. The van der Waals surface area contributed by atoms with Crippen LogP contribution in [0.2, 0.25) is 5.02 Å². The molecule has 3 N–H and O–H groups in total. The lowest BCUT2D eigenvalue weighted by molar-refractivity contribution is 0.125. The first-order chi connectivity index (χ1) is 16.8. The molecular weight excluding hydrogens is 488 g/mol. The number of nitrogens with one attached hydrogen (secondary N) is 3. The lowest BCUT2D eigenvalue weighted by Gasteiger charge is -2.32. The highest BCUT2D eigenvalue weighted by Gasteiger charge is 2.19. The Morgan fingerprint density at radius 2 is 1.91 bits per heavy atom. The maximum Gasteiger partial charge on any atom is 0.229 e. The number of nitrogens with zero attached hydrogens (tertiary/aromatic N) is 3. The smallest absolute Gasteiger partial charge is 0.229 e. The minimum Gasteiger partial charge on any atom is -0.492 e. The number of benzene rings is 2. The van der Waals surface area contributed by atoms with Crippen LogP contribution in [0, 0.1) is 0 Å². The molecule has 11 heteroatoms. The molecule has 1 saturated heterocycles. The Labute approximate surface area is 210 Å². The van der Waals surface area contributed by atoms with Crippen LogP contribution in [0.3, 0.4) is 0 Å². The van der Waals surface area contributed by atoms with Crippen molar-refractivity contribution in [1.82, 2.24) is 14.9 Å². The predicted octanol–water partition coefficient (Wildman–Crippen LogP) is 4.85. The van der Waals surface area contributed by atoms with Crippen LogP contribution < -0.4 is 20.1 Å². The van der Waals surface area contributed by atoms with E-state index in [1.165, 1.54) is 19.0 Å². The third kappa shape index (κ3) is 7.20. The van der Waals surface area contributed by atoms with Crippen LogP contribution in [-0.4, -0.2) is 55.8 Å². The second-order valence-electron chi connectivity index (χ2n) is 8.53. The van der Waals surface area contributed by atoms with Crippen LogP contribution >= 0.6 is 11.6 Å². The van der Waals surface area contributed by atoms with E-state index in [1.807, 2.05) is 24.3 Å². The van der Waals surface area contributed by atoms with E-state index in [0.717, 1.165) is 30.7 Å². The van der Waals surface area contributed by atoms with E-state index < -0.39 is 10.0 Å². The molecule has 1 unspecified atom stereocenters. The van der Waals surface area contributed by atoms with Crippen molar-refractivity contribution in [3.8, 4) is 5.75 Å². The second kappa shape index (κ2) is 11.1. The summed E-state index contributed by atoms with van der Waals surface area (Å²) < 4.78 is 31.9. The third-order valence-corrected chi connectivity index (χ3v) is 6.54. The molecule has 35 heavy (non-hydrogen) atoms. The number of para-hydroxylation sites is 2. The van der Waals surface area contributed by atoms with Gasteiger partial charge in [-0.05, 0) is 50.7 Å². The van der Waals surface area contributed by atoms with Gasteiger partial charge in [-0.15, -0.1) is 0 Å². The van der Waals surface area contributed by atoms with Gasteiger partial charge in [-0.25, -0.2) is 13.4 Å². The van der Waals surface area contributed by atoms with Crippen molar-refractivity contribution in [2.24, 2.45) is 0 Å². The summed E-state index contributed by atoms with van der Waals surface area (Å²) in [5, 5.41) is 6.55. The van der Waals surface area contributed by atoms with Crippen molar-refractivity contribution in [1.29, 1.82) is 0 Å². The van der Waals surface area contributed by atoms with Crippen LogP contribution in [0.15, 0.2) is 54.7 Å². The summed E-state index contributed by atoms with van der Waals surface area (Å²) in [5.41, 5.74) is 1.66.